The highest BCUT2D eigenvalue weighted by Gasteiger charge is 2.26. The molecule has 96 valence electrons. The van der Waals surface area contributed by atoms with Crippen LogP contribution in [0.25, 0.3) is 10.2 Å². The van der Waals surface area contributed by atoms with Crippen LogP contribution in [0.1, 0.15) is 22.4 Å². The Morgan fingerprint density at radius 3 is 3.21 bits per heavy atom. The third-order valence-electron chi connectivity index (χ3n) is 3.38. The zero-order chi connectivity index (χ0) is 12.8. The summed E-state index contributed by atoms with van der Waals surface area (Å²) in [4.78, 5) is 12.0. The molecule has 3 heterocycles. The van der Waals surface area contributed by atoms with Gasteiger partial charge in [0, 0.05) is 18.7 Å². The number of aromatic nitrogens is 3. The first-order valence-electron chi connectivity index (χ1n) is 6.13. The molecule has 1 atom stereocenters. The van der Waals surface area contributed by atoms with Crippen molar-refractivity contribution in [1.29, 1.82) is 0 Å². The maximum absolute atomic E-state index is 13.7. The van der Waals surface area contributed by atoms with Gasteiger partial charge in [0.25, 0.3) is 0 Å². The Bertz CT molecular complexity index is 748. The van der Waals surface area contributed by atoms with Crippen LogP contribution in [0.3, 0.4) is 0 Å². The van der Waals surface area contributed by atoms with Crippen LogP contribution in [0.5, 0.6) is 0 Å². The monoisotopic (exact) mass is 274 g/mol. The first-order valence-corrected chi connectivity index (χ1v) is 6.95. The summed E-state index contributed by atoms with van der Waals surface area (Å²) in [5.74, 6) is -0.266. The largest absolute Gasteiger partial charge is 0.348 e. The van der Waals surface area contributed by atoms with E-state index >= 15 is 0 Å². The molecule has 0 fully saturated rings. The van der Waals surface area contributed by atoms with E-state index in [1.165, 1.54) is 17.4 Å². The van der Waals surface area contributed by atoms with Crippen molar-refractivity contribution >= 4 is 21.6 Å². The van der Waals surface area contributed by atoms with E-state index < -0.39 is 0 Å². The van der Waals surface area contributed by atoms with E-state index in [1.807, 2.05) is 6.07 Å². The summed E-state index contributed by atoms with van der Waals surface area (Å²) in [5.41, 5.74) is 2.57. The number of halogens is 1. The fraction of sp³-hybridized carbons (Fsp3) is 0.231. The molecule has 0 bridgehead atoms. The predicted octanol–water partition coefficient (Wildman–Crippen LogP) is 2.39. The fourth-order valence-electron chi connectivity index (χ4n) is 2.48. The zero-order valence-electron chi connectivity index (χ0n) is 9.98. The number of rotatable bonds is 1. The van der Waals surface area contributed by atoms with Crippen LogP contribution >= 0.6 is 11.3 Å². The van der Waals surface area contributed by atoms with E-state index in [0.29, 0.717) is 5.52 Å². The molecule has 0 saturated heterocycles. The van der Waals surface area contributed by atoms with E-state index in [0.717, 1.165) is 34.1 Å². The molecule has 1 aliphatic rings. The van der Waals surface area contributed by atoms with Gasteiger partial charge in [0.15, 0.2) is 0 Å². The molecule has 2 N–H and O–H groups in total. The van der Waals surface area contributed by atoms with Crippen molar-refractivity contribution < 1.29 is 4.39 Å². The average Bonchev–Trinajstić information content (AvgIpc) is 3.05. The number of aromatic amines is 1. The number of nitrogens with one attached hydrogen (secondary N) is 2. The number of hydrogen-bond donors (Lipinski definition) is 2. The van der Waals surface area contributed by atoms with Crippen molar-refractivity contribution in [2.75, 3.05) is 6.54 Å². The second kappa shape index (κ2) is 4.11. The molecule has 2 aromatic heterocycles. The minimum atomic E-state index is -0.266. The predicted molar refractivity (Wildman–Crippen MR) is 71.7 cm³/mol. The molecule has 6 heteroatoms. The van der Waals surface area contributed by atoms with Crippen molar-refractivity contribution in [2.45, 2.75) is 12.5 Å². The third kappa shape index (κ3) is 1.67. The lowest BCUT2D eigenvalue weighted by atomic mass is 10.1. The van der Waals surface area contributed by atoms with Crippen molar-refractivity contribution in [3.63, 3.8) is 0 Å². The maximum atomic E-state index is 13.7. The quantitative estimate of drug-likeness (QED) is 0.716. The van der Waals surface area contributed by atoms with Gasteiger partial charge in [-0.2, -0.15) is 0 Å². The molecule has 0 amide bonds. The van der Waals surface area contributed by atoms with Gasteiger partial charge >= 0.3 is 0 Å². The van der Waals surface area contributed by atoms with Crippen LogP contribution in [0.4, 0.5) is 4.39 Å². The first-order chi connectivity index (χ1) is 9.33. The van der Waals surface area contributed by atoms with Gasteiger partial charge in [0.2, 0.25) is 0 Å². The highest BCUT2D eigenvalue weighted by molar-refractivity contribution is 7.18. The van der Waals surface area contributed by atoms with Crippen LogP contribution in [0.2, 0.25) is 0 Å². The number of thiazole rings is 1. The summed E-state index contributed by atoms with van der Waals surface area (Å²) in [7, 11) is 0. The van der Waals surface area contributed by atoms with Gasteiger partial charge in [-0.15, -0.1) is 11.3 Å². The van der Waals surface area contributed by atoms with Gasteiger partial charge < -0.3 is 10.3 Å². The molecule has 1 aliphatic heterocycles. The summed E-state index contributed by atoms with van der Waals surface area (Å²) >= 11 is 1.52. The summed E-state index contributed by atoms with van der Waals surface area (Å²) in [6, 6.07) is 5.02. The summed E-state index contributed by atoms with van der Waals surface area (Å²) in [5, 5.41) is 4.27. The normalized spacial score (nSPS) is 18.7. The number of para-hydroxylation sites is 1. The Labute approximate surface area is 112 Å². The molecule has 4 nitrogen and oxygen atoms in total. The Morgan fingerprint density at radius 2 is 2.32 bits per heavy atom. The van der Waals surface area contributed by atoms with Crippen molar-refractivity contribution in [2.24, 2.45) is 0 Å². The Morgan fingerprint density at radius 1 is 1.37 bits per heavy atom. The minimum Gasteiger partial charge on any atom is -0.348 e. The molecule has 0 aliphatic carbocycles. The summed E-state index contributed by atoms with van der Waals surface area (Å²) in [6.45, 7) is 0.873. The SMILES string of the molecule is Fc1cccc2sc(C3NCCc4[nH]cnc43)nc12. The molecule has 0 saturated carbocycles. The van der Waals surface area contributed by atoms with E-state index in [9.17, 15) is 4.39 Å². The number of H-pyrrole nitrogens is 1. The van der Waals surface area contributed by atoms with Crippen molar-refractivity contribution in [3.05, 3.63) is 46.7 Å². The molecule has 4 rings (SSSR count). The van der Waals surface area contributed by atoms with Gasteiger partial charge in [0.05, 0.1) is 16.7 Å². The van der Waals surface area contributed by atoms with Gasteiger partial charge in [-0.25, -0.2) is 14.4 Å². The van der Waals surface area contributed by atoms with Gasteiger partial charge in [-0.05, 0) is 12.1 Å². The van der Waals surface area contributed by atoms with Gasteiger partial charge in [0.1, 0.15) is 22.4 Å². The molecular weight excluding hydrogens is 263 g/mol. The molecule has 0 spiro atoms. The van der Waals surface area contributed by atoms with E-state index in [4.69, 9.17) is 0 Å². The number of fused-ring (bicyclic) bond motifs is 2. The molecule has 3 aromatic rings. The number of hydrogen-bond acceptors (Lipinski definition) is 4. The molecule has 0 radical (unpaired) electrons. The fourth-order valence-corrected chi connectivity index (χ4v) is 3.54. The average molecular weight is 274 g/mol. The summed E-state index contributed by atoms with van der Waals surface area (Å²) in [6.07, 6.45) is 2.64. The van der Waals surface area contributed by atoms with Gasteiger partial charge in [-0.1, -0.05) is 6.07 Å². The van der Waals surface area contributed by atoms with E-state index in [1.54, 1.807) is 12.4 Å². The maximum Gasteiger partial charge on any atom is 0.150 e. The molecule has 19 heavy (non-hydrogen) atoms. The topological polar surface area (TPSA) is 53.6 Å². The van der Waals surface area contributed by atoms with Crippen LogP contribution in [0, 0.1) is 5.82 Å². The number of imidazole rings is 1. The number of benzene rings is 1. The molecular formula is C13H11FN4S. The lowest BCUT2D eigenvalue weighted by Crippen LogP contribution is -2.30. The Kier molecular flexibility index (Phi) is 2.39. The molecule has 1 unspecified atom stereocenters. The lowest BCUT2D eigenvalue weighted by Gasteiger charge is -2.20. The third-order valence-corrected chi connectivity index (χ3v) is 4.47. The van der Waals surface area contributed by atoms with Crippen LogP contribution in [0.15, 0.2) is 24.5 Å². The van der Waals surface area contributed by atoms with E-state index in [-0.39, 0.29) is 11.9 Å². The highest BCUT2D eigenvalue weighted by Crippen LogP contribution is 2.32. The minimum absolute atomic E-state index is 0.0354. The van der Waals surface area contributed by atoms with Crippen LogP contribution in [-0.2, 0) is 6.42 Å². The smallest absolute Gasteiger partial charge is 0.150 e. The van der Waals surface area contributed by atoms with Crippen molar-refractivity contribution in [3.8, 4) is 0 Å². The van der Waals surface area contributed by atoms with Crippen molar-refractivity contribution in [1.82, 2.24) is 20.3 Å². The molecule has 1 aromatic carbocycles. The van der Waals surface area contributed by atoms with Crippen LogP contribution in [-0.4, -0.2) is 21.5 Å². The Balaban J connectivity index is 1.86. The number of nitrogens with zero attached hydrogens (tertiary/aromatic N) is 2. The summed E-state index contributed by atoms with van der Waals surface area (Å²) < 4.78 is 14.6. The lowest BCUT2D eigenvalue weighted by molar-refractivity contribution is 0.551. The second-order valence-corrected chi connectivity index (χ2v) is 5.60. The van der Waals surface area contributed by atoms with E-state index in [2.05, 4.69) is 20.3 Å². The first kappa shape index (κ1) is 11.1. The Hall–Kier alpha value is -1.79. The second-order valence-electron chi connectivity index (χ2n) is 4.54. The van der Waals surface area contributed by atoms with Crippen LogP contribution < -0.4 is 5.32 Å². The standard InChI is InChI=1S/C13H11FN4S/c14-7-2-1-3-9-10(7)18-13(19-9)12-11-8(4-5-15-12)16-6-17-11/h1-3,6,12,15H,4-5H2,(H,16,17). The highest BCUT2D eigenvalue weighted by atomic mass is 32.1. The van der Waals surface area contributed by atoms with Gasteiger partial charge in [-0.3, -0.25) is 0 Å². The zero-order valence-corrected chi connectivity index (χ0v) is 10.8.